The van der Waals surface area contributed by atoms with E-state index in [9.17, 15) is 4.79 Å². The monoisotopic (exact) mass is 159 g/mol. The predicted octanol–water partition coefficient (Wildman–Crippen LogP) is 0.124. The molecule has 0 aromatic rings. The molecule has 2 amide bonds. The smallest absolute Gasteiger partial charge is 0.315 e. The summed E-state index contributed by atoms with van der Waals surface area (Å²) in [4.78, 5) is 12.4. The summed E-state index contributed by atoms with van der Waals surface area (Å²) in [7, 11) is 0. The van der Waals surface area contributed by atoms with Gasteiger partial charge in [0.15, 0.2) is 0 Å². The van der Waals surface area contributed by atoms with Gasteiger partial charge in [-0.05, 0) is 26.8 Å². The lowest BCUT2D eigenvalue weighted by Crippen LogP contribution is -2.41. The molecule has 0 aromatic heterocycles. The van der Waals surface area contributed by atoms with Crippen LogP contribution in [0.4, 0.5) is 4.79 Å². The first-order valence-corrected chi connectivity index (χ1v) is 3.85. The molecule has 0 unspecified atom stereocenters. The molecular weight excluding hydrogens is 142 g/mol. The Morgan fingerprint density at radius 1 is 1.55 bits per heavy atom. The summed E-state index contributed by atoms with van der Waals surface area (Å²) in [5, 5.41) is 0. The van der Waals surface area contributed by atoms with Crippen molar-refractivity contribution in [1.82, 2.24) is 4.90 Å². The Balaban J connectivity index is 3.80. The standard InChI is InChI=1S/C7H17N3O/c1-6(2)10(7(9)11)5-3-4-8/h6H,3-5,8H2,1-2H3,(H2,9,11). The Morgan fingerprint density at radius 2 is 2.09 bits per heavy atom. The van der Waals surface area contributed by atoms with Crippen molar-refractivity contribution in [3.63, 3.8) is 0 Å². The summed E-state index contributed by atoms with van der Waals surface area (Å²) in [6.07, 6.45) is 0.807. The van der Waals surface area contributed by atoms with Crippen LogP contribution in [0, 0.1) is 0 Å². The summed E-state index contributed by atoms with van der Waals surface area (Å²) < 4.78 is 0. The normalized spacial score (nSPS) is 10.2. The Kier molecular flexibility index (Phi) is 4.61. The number of hydrogen-bond donors (Lipinski definition) is 2. The van der Waals surface area contributed by atoms with Crippen LogP contribution in [0.5, 0.6) is 0 Å². The van der Waals surface area contributed by atoms with E-state index in [4.69, 9.17) is 11.5 Å². The third-order valence-electron chi connectivity index (χ3n) is 1.51. The highest BCUT2D eigenvalue weighted by Gasteiger charge is 2.11. The number of carbonyl (C=O) groups excluding carboxylic acids is 1. The fourth-order valence-electron chi connectivity index (χ4n) is 0.885. The van der Waals surface area contributed by atoms with Crippen LogP contribution in [0.2, 0.25) is 0 Å². The van der Waals surface area contributed by atoms with Gasteiger partial charge in [0, 0.05) is 12.6 Å². The van der Waals surface area contributed by atoms with E-state index in [1.54, 1.807) is 4.90 Å². The predicted molar refractivity (Wildman–Crippen MR) is 45.1 cm³/mol. The van der Waals surface area contributed by atoms with Crippen molar-refractivity contribution in [2.45, 2.75) is 26.3 Å². The van der Waals surface area contributed by atoms with Crippen molar-refractivity contribution < 1.29 is 4.79 Å². The highest BCUT2D eigenvalue weighted by atomic mass is 16.2. The van der Waals surface area contributed by atoms with Crippen LogP contribution >= 0.6 is 0 Å². The SMILES string of the molecule is CC(C)N(CCCN)C(N)=O. The van der Waals surface area contributed by atoms with Crippen LogP contribution in [0.15, 0.2) is 0 Å². The number of nitrogens with zero attached hydrogens (tertiary/aromatic N) is 1. The van der Waals surface area contributed by atoms with Gasteiger partial charge in [0.05, 0.1) is 0 Å². The van der Waals surface area contributed by atoms with Crippen LogP contribution in [0.1, 0.15) is 20.3 Å². The van der Waals surface area contributed by atoms with Crippen LogP contribution in [0.3, 0.4) is 0 Å². The number of rotatable bonds is 4. The summed E-state index contributed by atoms with van der Waals surface area (Å²) >= 11 is 0. The number of urea groups is 1. The van der Waals surface area contributed by atoms with Crippen LogP contribution in [-0.2, 0) is 0 Å². The van der Waals surface area contributed by atoms with E-state index in [2.05, 4.69) is 0 Å². The molecule has 4 N–H and O–H groups in total. The van der Waals surface area contributed by atoms with Gasteiger partial charge < -0.3 is 16.4 Å². The van der Waals surface area contributed by atoms with Gasteiger partial charge in [-0.15, -0.1) is 0 Å². The fourth-order valence-corrected chi connectivity index (χ4v) is 0.885. The second kappa shape index (κ2) is 4.96. The molecule has 0 rings (SSSR count). The number of carbonyl (C=O) groups is 1. The quantitative estimate of drug-likeness (QED) is 0.611. The number of nitrogens with two attached hydrogens (primary N) is 2. The van der Waals surface area contributed by atoms with Gasteiger partial charge in [0.2, 0.25) is 0 Å². The molecule has 0 atom stereocenters. The molecule has 0 heterocycles. The van der Waals surface area contributed by atoms with Gasteiger partial charge in [-0.1, -0.05) is 0 Å². The average Bonchev–Trinajstić information content (AvgIpc) is 1.87. The van der Waals surface area contributed by atoms with E-state index in [1.165, 1.54) is 0 Å². The zero-order chi connectivity index (χ0) is 8.85. The van der Waals surface area contributed by atoms with Gasteiger partial charge in [-0.2, -0.15) is 0 Å². The van der Waals surface area contributed by atoms with Crippen molar-refractivity contribution in [3.05, 3.63) is 0 Å². The summed E-state index contributed by atoms with van der Waals surface area (Å²) in [6.45, 7) is 5.11. The third kappa shape index (κ3) is 3.83. The molecule has 0 radical (unpaired) electrons. The lowest BCUT2D eigenvalue weighted by atomic mass is 10.3. The van der Waals surface area contributed by atoms with Crippen molar-refractivity contribution in [2.75, 3.05) is 13.1 Å². The Hall–Kier alpha value is -0.770. The first-order valence-electron chi connectivity index (χ1n) is 3.85. The highest BCUT2D eigenvalue weighted by molar-refractivity contribution is 5.72. The summed E-state index contributed by atoms with van der Waals surface area (Å²) in [6, 6.07) is -0.201. The zero-order valence-electron chi connectivity index (χ0n) is 7.21. The van der Waals surface area contributed by atoms with Gasteiger partial charge in [-0.3, -0.25) is 0 Å². The number of amides is 2. The number of hydrogen-bond acceptors (Lipinski definition) is 2. The third-order valence-corrected chi connectivity index (χ3v) is 1.51. The van der Waals surface area contributed by atoms with Gasteiger partial charge in [0.25, 0.3) is 0 Å². The van der Waals surface area contributed by atoms with Crippen LogP contribution < -0.4 is 11.5 Å². The molecule has 0 aliphatic rings. The Bertz CT molecular complexity index is 125. The first kappa shape index (κ1) is 10.2. The lowest BCUT2D eigenvalue weighted by Gasteiger charge is -2.23. The van der Waals surface area contributed by atoms with E-state index >= 15 is 0 Å². The lowest BCUT2D eigenvalue weighted by molar-refractivity contribution is 0.192. The van der Waals surface area contributed by atoms with E-state index in [0.29, 0.717) is 13.1 Å². The first-order chi connectivity index (χ1) is 5.09. The van der Waals surface area contributed by atoms with E-state index in [1.807, 2.05) is 13.8 Å². The zero-order valence-corrected chi connectivity index (χ0v) is 7.21. The highest BCUT2D eigenvalue weighted by Crippen LogP contribution is 1.97. The molecule has 0 aliphatic carbocycles. The topological polar surface area (TPSA) is 72.3 Å². The second-order valence-corrected chi connectivity index (χ2v) is 2.77. The molecule has 0 saturated carbocycles. The van der Waals surface area contributed by atoms with Crippen LogP contribution in [0.25, 0.3) is 0 Å². The molecular formula is C7H17N3O. The van der Waals surface area contributed by atoms with Gasteiger partial charge in [0.1, 0.15) is 0 Å². The minimum absolute atomic E-state index is 0.166. The number of primary amides is 1. The Labute approximate surface area is 67.5 Å². The molecule has 0 aliphatic heterocycles. The van der Waals surface area contributed by atoms with Crippen LogP contribution in [-0.4, -0.2) is 30.1 Å². The molecule has 4 nitrogen and oxygen atoms in total. The van der Waals surface area contributed by atoms with E-state index < -0.39 is 0 Å². The van der Waals surface area contributed by atoms with Gasteiger partial charge >= 0.3 is 6.03 Å². The molecule has 0 aromatic carbocycles. The van der Waals surface area contributed by atoms with E-state index in [-0.39, 0.29) is 12.1 Å². The van der Waals surface area contributed by atoms with Crippen molar-refractivity contribution in [1.29, 1.82) is 0 Å². The maximum absolute atomic E-state index is 10.8. The molecule has 66 valence electrons. The fraction of sp³-hybridized carbons (Fsp3) is 0.857. The molecule has 0 fully saturated rings. The molecule has 4 heteroatoms. The minimum Gasteiger partial charge on any atom is -0.351 e. The minimum atomic E-state index is -0.367. The van der Waals surface area contributed by atoms with Gasteiger partial charge in [-0.25, -0.2) is 4.79 Å². The summed E-state index contributed by atoms with van der Waals surface area (Å²) in [5.41, 5.74) is 10.4. The largest absolute Gasteiger partial charge is 0.351 e. The molecule has 0 saturated heterocycles. The van der Waals surface area contributed by atoms with Crippen molar-refractivity contribution in [2.24, 2.45) is 11.5 Å². The van der Waals surface area contributed by atoms with E-state index in [0.717, 1.165) is 6.42 Å². The Morgan fingerprint density at radius 3 is 2.36 bits per heavy atom. The maximum atomic E-state index is 10.8. The van der Waals surface area contributed by atoms with Crippen molar-refractivity contribution in [3.8, 4) is 0 Å². The molecule has 11 heavy (non-hydrogen) atoms. The maximum Gasteiger partial charge on any atom is 0.315 e. The molecule has 0 bridgehead atoms. The average molecular weight is 159 g/mol. The second-order valence-electron chi connectivity index (χ2n) is 2.77. The summed E-state index contributed by atoms with van der Waals surface area (Å²) in [5.74, 6) is 0. The van der Waals surface area contributed by atoms with Crippen molar-refractivity contribution >= 4 is 6.03 Å². The molecule has 0 spiro atoms.